The van der Waals surface area contributed by atoms with Gasteiger partial charge in [-0.25, -0.2) is 8.78 Å². The van der Waals surface area contributed by atoms with Crippen molar-refractivity contribution in [3.63, 3.8) is 0 Å². The number of carbonyl (C=O) groups is 6. The van der Waals surface area contributed by atoms with Crippen molar-refractivity contribution in [2.75, 3.05) is 52.5 Å². The molecule has 318 valence electrons. The van der Waals surface area contributed by atoms with E-state index in [0.29, 0.717) is 17.8 Å². The smallest absolute Gasteiger partial charge is 0.254 e. The number of rotatable bonds is 22. The number of halogens is 2. The van der Waals surface area contributed by atoms with Crippen molar-refractivity contribution in [1.82, 2.24) is 30.3 Å². The maximum Gasteiger partial charge on any atom is 0.254 e. The summed E-state index contributed by atoms with van der Waals surface area (Å²) in [4.78, 5) is 75.6. The topological polar surface area (TPSA) is 205 Å². The van der Waals surface area contributed by atoms with Crippen LogP contribution in [0.15, 0.2) is 72.9 Å². The van der Waals surface area contributed by atoms with Crippen molar-refractivity contribution in [2.45, 2.75) is 58.7 Å². The van der Waals surface area contributed by atoms with Crippen LogP contribution in [0.5, 0.6) is 0 Å². The van der Waals surface area contributed by atoms with Gasteiger partial charge in [-0.3, -0.25) is 33.7 Å². The average Bonchev–Trinajstić information content (AvgIpc) is 3.75. The molecule has 2 unspecified atom stereocenters. The SMILES string of the molecule is CC(C)(C)C(c1cc(-c2cc(F)ccc2F)cn1Cc1ccccc1)N(CCC(N)CNC(=O)CCC(=O)NCCOCCNC(=O)CN1C(=O)C=CC1=O)C(=O)CO. The second-order valence-electron chi connectivity index (χ2n) is 15.2. The van der Waals surface area contributed by atoms with Gasteiger partial charge in [-0.15, -0.1) is 0 Å². The molecule has 1 aliphatic heterocycles. The Morgan fingerprint density at radius 3 is 2.14 bits per heavy atom. The number of aromatic nitrogens is 1. The molecule has 0 saturated carbocycles. The van der Waals surface area contributed by atoms with E-state index in [2.05, 4.69) is 16.0 Å². The normalized spacial score (nSPS) is 13.6. The van der Waals surface area contributed by atoms with Gasteiger partial charge in [0.05, 0.1) is 19.3 Å². The zero-order chi connectivity index (χ0) is 43.1. The van der Waals surface area contributed by atoms with Crippen LogP contribution < -0.4 is 21.7 Å². The standard InChI is InChI=1S/C42H53F2N7O8/c1-42(2,3)41(34-21-29(32-22-30(43)9-10-33(32)44)25-49(34)24-28-7-5-4-6-8-28)50(40(58)27-52)18-15-31(45)23-48-36(54)12-11-35(53)46-16-19-59-20-17-47-37(55)26-51-38(56)13-14-39(51)57/h4-10,13-14,21-22,25,31,41,52H,11-12,15-20,23-24,26-27,45H2,1-3H3,(H,46,53)(H,47,55)(H,48,54). The number of ether oxygens (including phenoxy) is 1. The highest BCUT2D eigenvalue weighted by Gasteiger charge is 2.37. The molecular formula is C42H53F2N7O8. The number of hydrogen-bond acceptors (Lipinski definition) is 9. The van der Waals surface area contributed by atoms with Crippen LogP contribution in [0.4, 0.5) is 8.78 Å². The summed E-state index contributed by atoms with van der Waals surface area (Å²) >= 11 is 0. The van der Waals surface area contributed by atoms with Crippen LogP contribution in [0.1, 0.15) is 57.3 Å². The van der Waals surface area contributed by atoms with Crippen molar-refractivity contribution in [3.8, 4) is 11.1 Å². The molecule has 1 aromatic heterocycles. The molecule has 1 aliphatic rings. The van der Waals surface area contributed by atoms with E-state index in [9.17, 15) is 38.3 Å². The molecule has 0 bridgehead atoms. The highest BCUT2D eigenvalue weighted by Crippen LogP contribution is 2.41. The molecule has 0 radical (unpaired) electrons. The Hall–Kier alpha value is -5.78. The Labute approximate surface area is 341 Å². The molecule has 4 rings (SSSR count). The molecule has 59 heavy (non-hydrogen) atoms. The van der Waals surface area contributed by atoms with Gasteiger partial charge in [0, 0.05) is 86.8 Å². The van der Waals surface area contributed by atoms with Crippen LogP contribution in [0.3, 0.4) is 0 Å². The van der Waals surface area contributed by atoms with E-state index in [4.69, 9.17) is 10.5 Å². The summed E-state index contributed by atoms with van der Waals surface area (Å²) in [7, 11) is 0. The van der Waals surface area contributed by atoms with Gasteiger partial charge >= 0.3 is 0 Å². The Balaban J connectivity index is 1.26. The van der Waals surface area contributed by atoms with Crippen molar-refractivity contribution >= 4 is 35.4 Å². The largest absolute Gasteiger partial charge is 0.387 e. The third-order valence-electron chi connectivity index (χ3n) is 9.45. The minimum Gasteiger partial charge on any atom is -0.387 e. The average molecular weight is 822 g/mol. The number of imide groups is 1. The number of hydrogen-bond donors (Lipinski definition) is 5. The predicted molar refractivity (Wildman–Crippen MR) is 214 cm³/mol. The number of amides is 6. The zero-order valence-electron chi connectivity index (χ0n) is 33.5. The van der Waals surface area contributed by atoms with Gasteiger partial charge < -0.3 is 41.0 Å². The number of aliphatic hydroxyl groups is 1. The first kappa shape index (κ1) is 45.9. The van der Waals surface area contributed by atoms with Gasteiger partial charge in [0.2, 0.25) is 23.6 Å². The summed E-state index contributed by atoms with van der Waals surface area (Å²) in [5, 5.41) is 18.0. The molecule has 0 aliphatic carbocycles. The lowest BCUT2D eigenvalue weighted by atomic mass is 9.82. The fourth-order valence-electron chi connectivity index (χ4n) is 6.57. The lowest BCUT2D eigenvalue weighted by Gasteiger charge is -2.41. The number of benzene rings is 2. The van der Waals surface area contributed by atoms with E-state index in [1.54, 1.807) is 12.3 Å². The number of nitrogens with two attached hydrogens (primary N) is 1. The third kappa shape index (κ3) is 13.9. The van der Waals surface area contributed by atoms with E-state index in [0.717, 1.165) is 40.8 Å². The quantitative estimate of drug-likeness (QED) is 0.0744. The predicted octanol–water partition coefficient (Wildman–Crippen LogP) is 2.18. The first-order valence-electron chi connectivity index (χ1n) is 19.3. The highest BCUT2D eigenvalue weighted by molar-refractivity contribution is 6.14. The van der Waals surface area contributed by atoms with E-state index in [1.807, 2.05) is 55.7 Å². The third-order valence-corrected chi connectivity index (χ3v) is 9.45. The van der Waals surface area contributed by atoms with Gasteiger partial charge in [-0.05, 0) is 41.7 Å². The van der Waals surface area contributed by atoms with Crippen LogP contribution in [0.25, 0.3) is 11.1 Å². The van der Waals surface area contributed by atoms with Crippen LogP contribution in [0.2, 0.25) is 0 Å². The summed E-state index contributed by atoms with van der Waals surface area (Å²) in [6.07, 6.45) is 3.97. The molecule has 0 saturated heterocycles. The van der Waals surface area contributed by atoms with Gasteiger partial charge in [-0.1, -0.05) is 51.1 Å². The second-order valence-corrected chi connectivity index (χ2v) is 15.2. The van der Waals surface area contributed by atoms with Crippen molar-refractivity contribution in [2.24, 2.45) is 11.1 Å². The maximum atomic E-state index is 15.0. The molecule has 2 atom stereocenters. The molecule has 0 spiro atoms. The Morgan fingerprint density at radius 2 is 1.51 bits per heavy atom. The summed E-state index contributed by atoms with van der Waals surface area (Å²) in [6.45, 7) is 5.77. The summed E-state index contributed by atoms with van der Waals surface area (Å²) < 4.78 is 36.6. The van der Waals surface area contributed by atoms with Crippen LogP contribution >= 0.6 is 0 Å². The van der Waals surface area contributed by atoms with Crippen molar-refractivity contribution < 1.29 is 47.4 Å². The Bertz CT molecular complexity index is 1960. The first-order chi connectivity index (χ1) is 28.1. The van der Waals surface area contributed by atoms with Crippen molar-refractivity contribution in [3.05, 3.63) is 95.8 Å². The molecule has 2 aromatic carbocycles. The maximum absolute atomic E-state index is 15.0. The Kier molecular flexibility index (Phi) is 17.0. The zero-order valence-corrected chi connectivity index (χ0v) is 33.5. The van der Waals surface area contributed by atoms with Gasteiger partial charge in [0.25, 0.3) is 11.8 Å². The molecule has 17 heteroatoms. The van der Waals surface area contributed by atoms with Crippen LogP contribution in [0, 0.1) is 17.0 Å². The fourth-order valence-corrected chi connectivity index (χ4v) is 6.57. The molecule has 6 amide bonds. The number of aliphatic hydroxyl groups excluding tert-OH is 1. The molecule has 6 N–H and O–H groups in total. The second kappa shape index (κ2) is 21.8. The minimum absolute atomic E-state index is 0.0566. The molecule has 15 nitrogen and oxygen atoms in total. The number of carbonyl (C=O) groups excluding carboxylic acids is 6. The van der Waals surface area contributed by atoms with Crippen molar-refractivity contribution in [1.29, 1.82) is 0 Å². The lowest BCUT2D eigenvalue weighted by Crippen LogP contribution is -2.46. The van der Waals surface area contributed by atoms with Gasteiger partial charge in [-0.2, -0.15) is 0 Å². The van der Waals surface area contributed by atoms with Crippen LogP contribution in [-0.2, 0) is 40.0 Å². The van der Waals surface area contributed by atoms with Gasteiger partial charge in [0.1, 0.15) is 24.8 Å². The van der Waals surface area contributed by atoms with E-state index in [1.165, 1.54) is 4.90 Å². The van der Waals surface area contributed by atoms with E-state index in [-0.39, 0.29) is 76.7 Å². The monoisotopic (exact) mass is 821 g/mol. The molecule has 0 fully saturated rings. The lowest BCUT2D eigenvalue weighted by molar-refractivity contribution is -0.141. The first-order valence-corrected chi connectivity index (χ1v) is 19.3. The number of nitrogens with one attached hydrogen (secondary N) is 3. The van der Waals surface area contributed by atoms with E-state index < -0.39 is 65.3 Å². The highest BCUT2D eigenvalue weighted by atomic mass is 19.1. The molecular weight excluding hydrogens is 768 g/mol. The fraction of sp³-hybridized carbons (Fsp3) is 0.429. The van der Waals surface area contributed by atoms with Gasteiger partial charge in [0.15, 0.2) is 0 Å². The summed E-state index contributed by atoms with van der Waals surface area (Å²) in [5.41, 5.74) is 7.85. The minimum atomic E-state index is -0.777. The van der Waals surface area contributed by atoms with E-state index >= 15 is 4.39 Å². The Morgan fingerprint density at radius 1 is 0.881 bits per heavy atom. The summed E-state index contributed by atoms with van der Waals surface area (Å²) in [6, 6.07) is 13.3. The molecule has 2 heterocycles. The van der Waals surface area contributed by atoms with Crippen LogP contribution in [-0.4, -0.2) is 114 Å². The summed E-state index contributed by atoms with van der Waals surface area (Å²) in [5.74, 6) is -4.15. The number of nitrogens with zero attached hydrogens (tertiary/aromatic N) is 3. The molecule has 3 aromatic rings.